The van der Waals surface area contributed by atoms with Gasteiger partial charge in [-0.25, -0.2) is 0 Å². The van der Waals surface area contributed by atoms with Crippen molar-refractivity contribution in [2.75, 3.05) is 6.61 Å². The molecule has 5 nitrogen and oxygen atoms in total. The van der Waals surface area contributed by atoms with Gasteiger partial charge in [0.25, 0.3) is 0 Å². The summed E-state index contributed by atoms with van der Waals surface area (Å²) in [5, 5.41) is 33.5. The number of carbonyl (C=O) groups is 1. The van der Waals surface area contributed by atoms with Crippen molar-refractivity contribution in [3.8, 4) is 0 Å². The lowest BCUT2D eigenvalue weighted by Crippen LogP contribution is -2.45. The van der Waals surface area contributed by atoms with Crippen LogP contribution in [-0.2, 0) is 4.79 Å². The number of allylic oxidation sites excluding steroid dienone is 5. The van der Waals surface area contributed by atoms with Crippen LogP contribution in [0.2, 0.25) is 0 Å². The highest BCUT2D eigenvalue weighted by Gasteiger charge is 2.20. The molecule has 0 rings (SSSR count). The Bertz CT molecular complexity index is 1090. The molecule has 0 saturated carbocycles. The molecular formula is C65H125NO4. The Labute approximate surface area is 438 Å². The lowest BCUT2D eigenvalue weighted by molar-refractivity contribution is -0.124. The molecule has 0 aliphatic rings. The van der Waals surface area contributed by atoms with Crippen LogP contribution in [0.4, 0.5) is 0 Å². The molecule has 3 unspecified atom stereocenters. The van der Waals surface area contributed by atoms with Gasteiger partial charge in [-0.2, -0.15) is 0 Å². The Balaban J connectivity index is 3.53. The molecule has 0 saturated heterocycles. The van der Waals surface area contributed by atoms with Gasteiger partial charge in [-0.15, -0.1) is 0 Å². The largest absolute Gasteiger partial charge is 0.394 e. The minimum atomic E-state index is -0.960. The molecule has 3 atom stereocenters. The van der Waals surface area contributed by atoms with E-state index in [0.29, 0.717) is 6.42 Å². The summed E-state index contributed by atoms with van der Waals surface area (Å²) in [5.74, 6) is -0.323. The van der Waals surface area contributed by atoms with Crippen molar-refractivity contribution in [3.05, 3.63) is 36.5 Å². The third-order valence-corrected chi connectivity index (χ3v) is 14.9. The minimum absolute atomic E-state index is 0.00590. The number of carbonyl (C=O) groups excluding carboxylic acids is 1. The van der Waals surface area contributed by atoms with Crippen LogP contribution >= 0.6 is 0 Å². The monoisotopic (exact) mass is 984 g/mol. The van der Waals surface area contributed by atoms with E-state index >= 15 is 0 Å². The van der Waals surface area contributed by atoms with Crippen molar-refractivity contribution in [1.82, 2.24) is 5.32 Å². The molecule has 0 fully saturated rings. The molecule has 0 aromatic rings. The number of hydrogen-bond donors (Lipinski definition) is 4. The quantitative estimate of drug-likeness (QED) is 0.0361. The van der Waals surface area contributed by atoms with Crippen LogP contribution in [0.5, 0.6) is 0 Å². The zero-order valence-corrected chi connectivity index (χ0v) is 47.4. The van der Waals surface area contributed by atoms with E-state index in [4.69, 9.17) is 0 Å². The molecule has 0 aliphatic heterocycles. The molecule has 0 bridgehead atoms. The lowest BCUT2D eigenvalue weighted by Gasteiger charge is -2.21. The fourth-order valence-electron chi connectivity index (χ4n) is 10.1. The second-order valence-corrected chi connectivity index (χ2v) is 22.0. The van der Waals surface area contributed by atoms with Gasteiger partial charge in [0.2, 0.25) is 5.91 Å². The third kappa shape index (κ3) is 55.9. The number of rotatable bonds is 59. The molecule has 0 heterocycles. The highest BCUT2D eigenvalue weighted by atomic mass is 16.3. The van der Waals surface area contributed by atoms with E-state index in [2.05, 4.69) is 43.5 Å². The van der Waals surface area contributed by atoms with Crippen LogP contribution in [0.3, 0.4) is 0 Å². The van der Waals surface area contributed by atoms with E-state index in [1.165, 1.54) is 283 Å². The number of nitrogens with one attached hydrogen (secondary N) is 1. The lowest BCUT2D eigenvalue weighted by atomic mass is 10.0. The Morgan fingerprint density at radius 1 is 0.357 bits per heavy atom. The van der Waals surface area contributed by atoms with Crippen molar-refractivity contribution in [2.45, 2.75) is 366 Å². The van der Waals surface area contributed by atoms with Crippen molar-refractivity contribution >= 4 is 5.91 Å². The molecule has 0 aromatic carbocycles. The maximum atomic E-state index is 12.5. The van der Waals surface area contributed by atoms with E-state index in [-0.39, 0.29) is 18.9 Å². The van der Waals surface area contributed by atoms with Gasteiger partial charge < -0.3 is 20.6 Å². The third-order valence-electron chi connectivity index (χ3n) is 14.9. The van der Waals surface area contributed by atoms with Crippen molar-refractivity contribution in [1.29, 1.82) is 0 Å². The van der Waals surface area contributed by atoms with Gasteiger partial charge in [0.15, 0.2) is 0 Å². The first-order valence-electron chi connectivity index (χ1n) is 31.8. The van der Waals surface area contributed by atoms with E-state index in [9.17, 15) is 20.1 Å². The predicted octanol–water partition coefficient (Wildman–Crippen LogP) is 20.2. The Hall–Kier alpha value is -1.43. The normalized spacial score (nSPS) is 13.4. The molecule has 414 valence electrons. The van der Waals surface area contributed by atoms with Gasteiger partial charge in [-0.05, 0) is 44.9 Å². The van der Waals surface area contributed by atoms with Gasteiger partial charge in [0, 0.05) is 0 Å². The zero-order chi connectivity index (χ0) is 50.7. The second kappa shape index (κ2) is 60.1. The van der Waals surface area contributed by atoms with Gasteiger partial charge in [0.05, 0.1) is 31.3 Å². The van der Waals surface area contributed by atoms with Crippen LogP contribution in [0.15, 0.2) is 36.5 Å². The summed E-state index contributed by atoms with van der Waals surface area (Å²) in [6.45, 7) is 4.24. The summed E-state index contributed by atoms with van der Waals surface area (Å²) in [5.41, 5.74) is 0. The van der Waals surface area contributed by atoms with Gasteiger partial charge in [-0.3, -0.25) is 4.79 Å². The first-order valence-corrected chi connectivity index (χ1v) is 31.8. The molecule has 0 spiro atoms. The van der Waals surface area contributed by atoms with Gasteiger partial charge in [0.1, 0.15) is 0 Å². The van der Waals surface area contributed by atoms with E-state index in [1.807, 2.05) is 6.08 Å². The highest BCUT2D eigenvalue weighted by molar-refractivity contribution is 5.76. The van der Waals surface area contributed by atoms with Crippen molar-refractivity contribution < 1.29 is 20.1 Å². The SMILES string of the molecule is CCCCCCCCCCCCCC/C=C/CC/C=C/CC/C=C/C(O)C(CO)NC(=O)CC(O)CCCCCCCCCCCCCCCCCCCCCCCCCCCCCCCCCCC. The Morgan fingerprint density at radius 3 is 0.914 bits per heavy atom. The Kier molecular flexibility index (Phi) is 58.9. The fourth-order valence-corrected chi connectivity index (χ4v) is 10.1. The van der Waals surface area contributed by atoms with Crippen LogP contribution in [-0.4, -0.2) is 46.1 Å². The number of hydrogen-bond acceptors (Lipinski definition) is 4. The molecule has 0 aliphatic carbocycles. The topological polar surface area (TPSA) is 89.8 Å². The minimum Gasteiger partial charge on any atom is -0.394 e. The smallest absolute Gasteiger partial charge is 0.222 e. The van der Waals surface area contributed by atoms with E-state index in [0.717, 1.165) is 38.5 Å². The standard InChI is InChI=1S/C65H125NO4/c1-3-5-7-9-11-13-15-17-19-21-23-25-27-28-29-30-31-32-33-34-35-36-37-38-40-42-44-46-48-50-52-54-56-58-62(68)60-65(70)66-63(61-67)64(69)59-57-55-53-51-49-47-45-43-41-39-26-24-22-20-18-16-14-12-10-8-6-4-2/h41,43,49,51,57,59,62-64,67-69H,3-40,42,44-48,50,52-56,58,60-61H2,1-2H3,(H,66,70)/b43-41+,51-49+,59-57+. The number of aliphatic hydroxyl groups excluding tert-OH is 3. The number of aliphatic hydroxyl groups is 3. The van der Waals surface area contributed by atoms with E-state index < -0.39 is 18.2 Å². The fraction of sp³-hybridized carbons (Fsp3) is 0.892. The summed E-state index contributed by atoms with van der Waals surface area (Å²) >= 11 is 0. The first-order chi connectivity index (χ1) is 34.5. The summed E-state index contributed by atoms with van der Waals surface area (Å²) in [4.78, 5) is 12.5. The van der Waals surface area contributed by atoms with Crippen LogP contribution in [0.25, 0.3) is 0 Å². The molecule has 5 heteroatoms. The maximum Gasteiger partial charge on any atom is 0.222 e. The second-order valence-electron chi connectivity index (χ2n) is 22.0. The summed E-state index contributed by atoms with van der Waals surface area (Å²) < 4.78 is 0. The van der Waals surface area contributed by atoms with Crippen LogP contribution < -0.4 is 5.32 Å². The molecule has 4 N–H and O–H groups in total. The molecule has 1 amide bonds. The molecule has 0 aromatic heterocycles. The van der Waals surface area contributed by atoms with E-state index in [1.54, 1.807) is 6.08 Å². The highest BCUT2D eigenvalue weighted by Crippen LogP contribution is 2.18. The Morgan fingerprint density at radius 2 is 0.614 bits per heavy atom. The van der Waals surface area contributed by atoms with Gasteiger partial charge >= 0.3 is 0 Å². The average molecular weight is 985 g/mol. The van der Waals surface area contributed by atoms with Crippen LogP contribution in [0.1, 0.15) is 348 Å². The molecule has 0 radical (unpaired) electrons. The zero-order valence-electron chi connectivity index (χ0n) is 47.4. The molecule has 70 heavy (non-hydrogen) atoms. The predicted molar refractivity (Wildman–Crippen MR) is 310 cm³/mol. The summed E-state index contributed by atoms with van der Waals surface area (Å²) in [6, 6.07) is -0.767. The summed E-state index contributed by atoms with van der Waals surface area (Å²) in [6.07, 6.45) is 79.5. The van der Waals surface area contributed by atoms with Crippen molar-refractivity contribution in [3.63, 3.8) is 0 Å². The number of unbranched alkanes of at least 4 members (excludes halogenated alkanes) is 46. The van der Waals surface area contributed by atoms with Gasteiger partial charge in [-0.1, -0.05) is 333 Å². The van der Waals surface area contributed by atoms with Crippen LogP contribution in [0, 0.1) is 0 Å². The first kappa shape index (κ1) is 68.6. The van der Waals surface area contributed by atoms with Crippen molar-refractivity contribution in [2.24, 2.45) is 0 Å². The summed E-state index contributed by atoms with van der Waals surface area (Å²) in [7, 11) is 0. The average Bonchev–Trinajstić information content (AvgIpc) is 3.36. The molecular weight excluding hydrogens is 859 g/mol. The number of amides is 1. The maximum absolute atomic E-state index is 12.5.